The largest absolute Gasteiger partial charge is 0.378 e. The fourth-order valence-corrected chi connectivity index (χ4v) is 4.94. The van der Waals surface area contributed by atoms with Crippen LogP contribution in [0, 0.1) is 0 Å². The van der Waals surface area contributed by atoms with Gasteiger partial charge in [0.05, 0.1) is 10.6 Å². The van der Waals surface area contributed by atoms with Crippen LogP contribution < -0.4 is 4.90 Å². The molecule has 0 N–H and O–H groups in total. The van der Waals surface area contributed by atoms with E-state index in [1.807, 2.05) is 31.1 Å². The Morgan fingerprint density at radius 2 is 1.73 bits per heavy atom. The molecule has 1 heterocycles. The maximum atomic E-state index is 12.9. The standard InChI is InChI=1S/C20H24N2O3S/c1-21(2)17-12-10-16(11-13-17)20(23)22-14-6-7-18(22)15-26(24,25)19-8-4-3-5-9-19/h3-5,8-13,18H,6-7,14-15H2,1-2H3. The minimum absolute atomic E-state index is 0.0292. The van der Waals surface area contributed by atoms with Gasteiger partial charge in [0.15, 0.2) is 9.84 Å². The average Bonchev–Trinajstić information content (AvgIpc) is 3.09. The first-order valence-corrected chi connectivity index (χ1v) is 10.4. The van der Waals surface area contributed by atoms with Crippen molar-refractivity contribution < 1.29 is 13.2 Å². The molecule has 0 aromatic heterocycles. The molecule has 0 bridgehead atoms. The minimum Gasteiger partial charge on any atom is -0.378 e. The Hall–Kier alpha value is -2.34. The normalized spacial score (nSPS) is 17.3. The highest BCUT2D eigenvalue weighted by molar-refractivity contribution is 7.91. The summed E-state index contributed by atoms with van der Waals surface area (Å²) >= 11 is 0. The zero-order valence-electron chi connectivity index (χ0n) is 15.1. The fourth-order valence-electron chi connectivity index (χ4n) is 3.32. The van der Waals surface area contributed by atoms with Gasteiger partial charge in [0.1, 0.15) is 0 Å². The zero-order chi connectivity index (χ0) is 18.7. The van der Waals surface area contributed by atoms with Crippen molar-refractivity contribution in [2.45, 2.75) is 23.8 Å². The van der Waals surface area contributed by atoms with Crippen molar-refractivity contribution in [2.75, 3.05) is 31.3 Å². The van der Waals surface area contributed by atoms with Crippen molar-refractivity contribution in [1.82, 2.24) is 4.90 Å². The van der Waals surface area contributed by atoms with E-state index in [9.17, 15) is 13.2 Å². The van der Waals surface area contributed by atoms with E-state index >= 15 is 0 Å². The molecule has 26 heavy (non-hydrogen) atoms. The third-order valence-corrected chi connectivity index (χ3v) is 6.60. The highest BCUT2D eigenvalue weighted by Gasteiger charge is 2.33. The first-order valence-electron chi connectivity index (χ1n) is 8.74. The minimum atomic E-state index is -3.41. The van der Waals surface area contributed by atoms with Gasteiger partial charge in [-0.2, -0.15) is 0 Å². The van der Waals surface area contributed by atoms with Gasteiger partial charge < -0.3 is 9.80 Å². The molecule has 1 atom stereocenters. The van der Waals surface area contributed by atoms with Gasteiger partial charge in [0.25, 0.3) is 5.91 Å². The highest BCUT2D eigenvalue weighted by atomic mass is 32.2. The number of likely N-dealkylation sites (tertiary alicyclic amines) is 1. The molecule has 1 unspecified atom stereocenters. The van der Waals surface area contributed by atoms with E-state index in [1.165, 1.54) is 0 Å². The molecule has 0 radical (unpaired) electrons. The number of carbonyl (C=O) groups excluding carboxylic acids is 1. The Morgan fingerprint density at radius 1 is 1.08 bits per heavy atom. The molecule has 1 saturated heterocycles. The second-order valence-electron chi connectivity index (χ2n) is 6.83. The number of carbonyl (C=O) groups is 1. The number of benzene rings is 2. The molecule has 1 aliphatic rings. The number of rotatable bonds is 5. The smallest absolute Gasteiger partial charge is 0.254 e. The number of nitrogens with zero attached hydrogens (tertiary/aromatic N) is 2. The molecule has 3 rings (SSSR count). The lowest BCUT2D eigenvalue weighted by atomic mass is 10.1. The summed E-state index contributed by atoms with van der Waals surface area (Å²) < 4.78 is 25.3. The predicted octanol–water partition coefficient (Wildman–Crippen LogP) is 2.83. The van der Waals surface area contributed by atoms with Crippen molar-refractivity contribution in [3.8, 4) is 0 Å². The van der Waals surface area contributed by atoms with E-state index in [-0.39, 0.29) is 17.7 Å². The van der Waals surface area contributed by atoms with Crippen LogP contribution >= 0.6 is 0 Å². The lowest BCUT2D eigenvalue weighted by Gasteiger charge is -2.25. The molecule has 0 spiro atoms. The molecule has 1 aliphatic heterocycles. The number of anilines is 1. The Bertz CT molecular complexity index is 862. The van der Waals surface area contributed by atoms with E-state index in [0.717, 1.165) is 12.1 Å². The van der Waals surface area contributed by atoms with Gasteiger partial charge in [-0.1, -0.05) is 18.2 Å². The van der Waals surface area contributed by atoms with Crippen molar-refractivity contribution in [1.29, 1.82) is 0 Å². The summed E-state index contributed by atoms with van der Waals surface area (Å²) in [5, 5.41) is 0. The lowest BCUT2D eigenvalue weighted by Crippen LogP contribution is -2.39. The Kier molecular flexibility index (Phi) is 5.32. The topological polar surface area (TPSA) is 57.7 Å². The molecule has 6 heteroatoms. The molecule has 2 aromatic carbocycles. The van der Waals surface area contributed by atoms with Gasteiger partial charge in [-0.05, 0) is 49.2 Å². The van der Waals surface area contributed by atoms with Crippen molar-refractivity contribution in [2.24, 2.45) is 0 Å². The third-order valence-electron chi connectivity index (χ3n) is 4.78. The van der Waals surface area contributed by atoms with Crippen LogP contribution in [0.3, 0.4) is 0 Å². The van der Waals surface area contributed by atoms with Crippen LogP contribution in [0.1, 0.15) is 23.2 Å². The van der Waals surface area contributed by atoms with E-state index in [0.29, 0.717) is 23.4 Å². The van der Waals surface area contributed by atoms with Gasteiger partial charge in [-0.3, -0.25) is 4.79 Å². The fraction of sp³-hybridized carbons (Fsp3) is 0.350. The predicted molar refractivity (Wildman–Crippen MR) is 103 cm³/mol. The number of sulfone groups is 1. The third kappa shape index (κ3) is 3.90. The van der Waals surface area contributed by atoms with E-state index in [2.05, 4.69) is 0 Å². The lowest BCUT2D eigenvalue weighted by molar-refractivity contribution is 0.0749. The van der Waals surface area contributed by atoms with Gasteiger partial charge in [-0.25, -0.2) is 8.42 Å². The van der Waals surface area contributed by atoms with Gasteiger partial charge in [-0.15, -0.1) is 0 Å². The molecular formula is C20H24N2O3S. The zero-order valence-corrected chi connectivity index (χ0v) is 15.9. The number of hydrogen-bond donors (Lipinski definition) is 0. The molecule has 1 amide bonds. The summed E-state index contributed by atoms with van der Waals surface area (Å²) in [6.45, 7) is 0.600. The van der Waals surface area contributed by atoms with Gasteiger partial charge in [0, 0.05) is 37.9 Å². The number of hydrogen-bond acceptors (Lipinski definition) is 4. The summed E-state index contributed by atoms with van der Waals surface area (Å²) in [5.74, 6) is -0.125. The number of amides is 1. The first-order chi connectivity index (χ1) is 12.4. The summed E-state index contributed by atoms with van der Waals surface area (Å²) in [4.78, 5) is 16.9. The van der Waals surface area contributed by atoms with Gasteiger partial charge in [0.2, 0.25) is 0 Å². The van der Waals surface area contributed by atoms with Crippen molar-refractivity contribution in [3.63, 3.8) is 0 Å². The molecule has 2 aromatic rings. The Labute approximate surface area is 155 Å². The monoisotopic (exact) mass is 372 g/mol. The second kappa shape index (κ2) is 7.50. The summed E-state index contributed by atoms with van der Waals surface area (Å²) in [6.07, 6.45) is 1.55. The molecular weight excluding hydrogens is 348 g/mol. The van der Waals surface area contributed by atoms with Crippen LogP contribution in [-0.4, -0.2) is 51.7 Å². The molecule has 1 fully saturated rings. The first kappa shape index (κ1) is 18.5. The maximum absolute atomic E-state index is 12.9. The molecule has 5 nitrogen and oxygen atoms in total. The maximum Gasteiger partial charge on any atom is 0.254 e. The van der Waals surface area contributed by atoms with Crippen LogP contribution in [0.2, 0.25) is 0 Å². The average molecular weight is 372 g/mol. The van der Waals surface area contributed by atoms with E-state index in [4.69, 9.17) is 0 Å². The highest BCUT2D eigenvalue weighted by Crippen LogP contribution is 2.24. The summed E-state index contributed by atoms with van der Waals surface area (Å²) in [7, 11) is 0.482. The molecule has 138 valence electrons. The Balaban J connectivity index is 1.76. The van der Waals surface area contributed by atoms with Crippen LogP contribution in [0.4, 0.5) is 5.69 Å². The Morgan fingerprint density at radius 3 is 2.35 bits per heavy atom. The quantitative estimate of drug-likeness (QED) is 0.810. The summed E-state index contributed by atoms with van der Waals surface area (Å²) in [6, 6.07) is 15.6. The van der Waals surface area contributed by atoms with Crippen LogP contribution in [-0.2, 0) is 9.84 Å². The van der Waals surface area contributed by atoms with Crippen molar-refractivity contribution >= 4 is 21.4 Å². The molecule has 0 saturated carbocycles. The van der Waals surface area contributed by atoms with Crippen LogP contribution in [0.5, 0.6) is 0 Å². The van der Waals surface area contributed by atoms with E-state index in [1.54, 1.807) is 47.4 Å². The SMILES string of the molecule is CN(C)c1ccc(C(=O)N2CCCC2CS(=O)(=O)c2ccccc2)cc1. The van der Waals surface area contributed by atoms with E-state index < -0.39 is 9.84 Å². The van der Waals surface area contributed by atoms with Gasteiger partial charge >= 0.3 is 0 Å². The van der Waals surface area contributed by atoms with Crippen LogP contribution in [0.15, 0.2) is 59.5 Å². The van der Waals surface area contributed by atoms with Crippen LogP contribution in [0.25, 0.3) is 0 Å². The summed E-state index contributed by atoms with van der Waals surface area (Å²) in [5.41, 5.74) is 1.62. The van der Waals surface area contributed by atoms with Crippen molar-refractivity contribution in [3.05, 3.63) is 60.2 Å². The second-order valence-corrected chi connectivity index (χ2v) is 8.86. The molecule has 0 aliphatic carbocycles.